The van der Waals surface area contributed by atoms with Crippen LogP contribution < -0.4 is 9.75 Å². The predicted octanol–water partition coefficient (Wildman–Crippen LogP) is 3.74. The number of nitrogens with zero attached hydrogens (tertiary/aromatic N) is 2. The van der Waals surface area contributed by atoms with Crippen LogP contribution in [-0.4, -0.2) is 36.0 Å². The number of hydrogen-bond acceptors (Lipinski definition) is 4. The van der Waals surface area contributed by atoms with Gasteiger partial charge in [0.05, 0.1) is 23.9 Å². The van der Waals surface area contributed by atoms with Crippen molar-refractivity contribution >= 4 is 29.4 Å². The lowest BCUT2D eigenvalue weighted by Gasteiger charge is -2.11. The van der Waals surface area contributed by atoms with Gasteiger partial charge in [-0.25, -0.2) is 4.79 Å². The minimum Gasteiger partial charge on any atom is -0.497 e. The van der Waals surface area contributed by atoms with Gasteiger partial charge in [-0.05, 0) is 48.0 Å². The summed E-state index contributed by atoms with van der Waals surface area (Å²) in [6.45, 7) is 0. The Morgan fingerprint density at radius 2 is 1.86 bits per heavy atom. The SMILES string of the molecule is COc1cccc(C=C2C(=O)N(c3ccc(C(=O)O)cc3)N=C2C(F)(F)F)c1. The molecule has 144 valence electrons. The zero-order chi connectivity index (χ0) is 20.5. The molecule has 0 unspecified atom stereocenters. The first-order chi connectivity index (χ1) is 13.2. The van der Waals surface area contributed by atoms with Gasteiger partial charge in [0.15, 0.2) is 5.71 Å². The Balaban J connectivity index is 2.04. The van der Waals surface area contributed by atoms with Gasteiger partial charge in [-0.1, -0.05) is 12.1 Å². The fraction of sp³-hybridized carbons (Fsp3) is 0.105. The molecular formula is C19H13F3N2O4. The predicted molar refractivity (Wildman–Crippen MR) is 95.3 cm³/mol. The van der Waals surface area contributed by atoms with E-state index in [9.17, 15) is 22.8 Å². The maximum atomic E-state index is 13.4. The van der Waals surface area contributed by atoms with Crippen LogP contribution in [0.1, 0.15) is 15.9 Å². The highest BCUT2D eigenvalue weighted by atomic mass is 19.4. The van der Waals surface area contributed by atoms with Crippen LogP contribution in [0.2, 0.25) is 0 Å². The molecule has 0 bridgehead atoms. The lowest BCUT2D eigenvalue weighted by Crippen LogP contribution is -2.25. The highest BCUT2D eigenvalue weighted by Gasteiger charge is 2.46. The van der Waals surface area contributed by atoms with Gasteiger partial charge in [-0.15, -0.1) is 0 Å². The highest BCUT2D eigenvalue weighted by Crippen LogP contribution is 2.33. The van der Waals surface area contributed by atoms with Crippen molar-refractivity contribution in [1.82, 2.24) is 0 Å². The summed E-state index contributed by atoms with van der Waals surface area (Å²) in [5.74, 6) is -1.75. The molecule has 0 radical (unpaired) electrons. The summed E-state index contributed by atoms with van der Waals surface area (Å²) in [7, 11) is 1.41. The molecule has 9 heteroatoms. The second kappa shape index (κ2) is 7.18. The number of carbonyl (C=O) groups is 2. The normalized spacial score (nSPS) is 15.7. The third kappa shape index (κ3) is 3.73. The summed E-state index contributed by atoms with van der Waals surface area (Å²) >= 11 is 0. The Hall–Kier alpha value is -3.62. The first-order valence-electron chi connectivity index (χ1n) is 7.90. The monoisotopic (exact) mass is 390 g/mol. The standard InChI is InChI=1S/C19H13F3N2O4/c1-28-14-4-2-3-11(9-14)10-15-16(19(20,21)22)23-24(17(15)25)13-7-5-12(6-8-13)18(26)27/h2-10H,1H3,(H,26,27). The molecular weight excluding hydrogens is 377 g/mol. The Kier molecular flexibility index (Phi) is 4.91. The van der Waals surface area contributed by atoms with Gasteiger partial charge in [0.1, 0.15) is 5.75 Å². The molecule has 1 N–H and O–H groups in total. The number of alkyl halides is 3. The zero-order valence-electron chi connectivity index (χ0n) is 14.4. The van der Waals surface area contributed by atoms with Crippen LogP contribution >= 0.6 is 0 Å². The maximum absolute atomic E-state index is 13.4. The van der Waals surface area contributed by atoms with Crippen LogP contribution in [0.25, 0.3) is 6.08 Å². The molecule has 0 fully saturated rings. The van der Waals surface area contributed by atoms with Crippen molar-refractivity contribution in [2.24, 2.45) is 5.10 Å². The van der Waals surface area contributed by atoms with Gasteiger partial charge in [0.25, 0.3) is 5.91 Å². The van der Waals surface area contributed by atoms with Crippen LogP contribution in [0.5, 0.6) is 5.75 Å². The van der Waals surface area contributed by atoms with E-state index in [1.807, 2.05) is 0 Å². The topological polar surface area (TPSA) is 79.2 Å². The minimum atomic E-state index is -4.85. The van der Waals surface area contributed by atoms with Crippen LogP contribution in [0.3, 0.4) is 0 Å². The minimum absolute atomic E-state index is 0.0193. The third-order valence-corrected chi connectivity index (χ3v) is 3.91. The van der Waals surface area contributed by atoms with Crippen LogP contribution in [0, 0.1) is 0 Å². The number of aromatic carboxylic acids is 1. The van der Waals surface area contributed by atoms with Crippen molar-refractivity contribution in [2.75, 3.05) is 12.1 Å². The molecule has 0 saturated carbocycles. The fourth-order valence-corrected chi connectivity index (χ4v) is 2.57. The molecule has 6 nitrogen and oxygen atoms in total. The number of carbonyl (C=O) groups excluding carboxylic acids is 1. The molecule has 1 heterocycles. The number of benzene rings is 2. The van der Waals surface area contributed by atoms with E-state index in [0.29, 0.717) is 16.3 Å². The van der Waals surface area contributed by atoms with Crippen molar-refractivity contribution in [3.8, 4) is 5.75 Å². The van der Waals surface area contributed by atoms with Gasteiger partial charge in [0.2, 0.25) is 0 Å². The van der Waals surface area contributed by atoms with Crippen molar-refractivity contribution in [3.63, 3.8) is 0 Å². The molecule has 2 aromatic carbocycles. The summed E-state index contributed by atoms with van der Waals surface area (Å²) in [6, 6.07) is 11.0. The van der Waals surface area contributed by atoms with Crippen molar-refractivity contribution < 1.29 is 32.6 Å². The molecule has 3 rings (SSSR count). The Bertz CT molecular complexity index is 995. The molecule has 0 aromatic heterocycles. The molecule has 28 heavy (non-hydrogen) atoms. The number of carboxylic acid groups (broad SMARTS) is 1. The third-order valence-electron chi connectivity index (χ3n) is 3.91. The van der Waals surface area contributed by atoms with Gasteiger partial charge in [-0.3, -0.25) is 4.79 Å². The number of hydrogen-bond donors (Lipinski definition) is 1. The van der Waals surface area contributed by atoms with Crippen LogP contribution in [0.15, 0.2) is 59.2 Å². The zero-order valence-corrected chi connectivity index (χ0v) is 14.4. The van der Waals surface area contributed by atoms with Crippen molar-refractivity contribution in [2.45, 2.75) is 6.18 Å². The number of anilines is 1. The van der Waals surface area contributed by atoms with Crippen LogP contribution in [-0.2, 0) is 4.79 Å². The van der Waals surface area contributed by atoms with Gasteiger partial charge in [-0.2, -0.15) is 23.3 Å². The molecule has 1 amide bonds. The summed E-state index contributed by atoms with van der Waals surface area (Å²) in [4.78, 5) is 23.5. The second-order valence-electron chi connectivity index (χ2n) is 5.75. The number of hydrazone groups is 1. The van der Waals surface area contributed by atoms with Gasteiger partial charge < -0.3 is 9.84 Å². The van der Waals surface area contributed by atoms with E-state index in [4.69, 9.17) is 9.84 Å². The summed E-state index contributed by atoms with van der Waals surface area (Å²) in [5.41, 5.74) is -1.67. The van der Waals surface area contributed by atoms with Crippen LogP contribution in [0.4, 0.5) is 18.9 Å². The largest absolute Gasteiger partial charge is 0.497 e. The first kappa shape index (κ1) is 19.2. The number of halogens is 3. The Morgan fingerprint density at radius 1 is 1.18 bits per heavy atom. The number of amides is 1. The van der Waals surface area contributed by atoms with Gasteiger partial charge in [0, 0.05) is 0 Å². The fourth-order valence-electron chi connectivity index (χ4n) is 2.57. The molecule has 0 atom stereocenters. The van der Waals surface area contributed by atoms with E-state index in [2.05, 4.69) is 5.10 Å². The molecule has 2 aromatic rings. The molecule has 0 aliphatic carbocycles. The molecule has 1 aliphatic heterocycles. The van der Waals surface area contributed by atoms with E-state index in [0.717, 1.165) is 6.08 Å². The lowest BCUT2D eigenvalue weighted by molar-refractivity contribution is -0.114. The second-order valence-corrected chi connectivity index (χ2v) is 5.75. The number of ether oxygens (including phenoxy) is 1. The van der Waals surface area contributed by atoms with E-state index in [-0.39, 0.29) is 11.3 Å². The summed E-state index contributed by atoms with van der Waals surface area (Å²) < 4.78 is 45.4. The Morgan fingerprint density at radius 3 is 2.43 bits per heavy atom. The smallest absolute Gasteiger partial charge is 0.435 e. The van der Waals surface area contributed by atoms with E-state index in [1.54, 1.807) is 12.1 Å². The highest BCUT2D eigenvalue weighted by molar-refractivity contribution is 6.34. The average Bonchev–Trinajstić information content (AvgIpc) is 2.99. The van der Waals surface area contributed by atoms with E-state index < -0.39 is 29.3 Å². The van der Waals surface area contributed by atoms with Gasteiger partial charge >= 0.3 is 12.1 Å². The summed E-state index contributed by atoms with van der Waals surface area (Å²) in [5, 5.41) is 12.9. The lowest BCUT2D eigenvalue weighted by atomic mass is 10.1. The number of rotatable bonds is 4. The van der Waals surface area contributed by atoms with E-state index >= 15 is 0 Å². The molecule has 0 saturated heterocycles. The number of methoxy groups -OCH3 is 1. The molecule has 1 aliphatic rings. The average molecular weight is 390 g/mol. The number of carboxylic acids is 1. The Labute approximate surface area is 157 Å². The van der Waals surface area contributed by atoms with E-state index in [1.165, 1.54) is 43.5 Å². The quantitative estimate of drug-likeness (QED) is 0.807. The van der Waals surface area contributed by atoms with Crippen molar-refractivity contribution in [1.29, 1.82) is 0 Å². The first-order valence-corrected chi connectivity index (χ1v) is 7.90. The summed E-state index contributed by atoms with van der Waals surface area (Å²) in [6.07, 6.45) is -3.76. The van der Waals surface area contributed by atoms with Crippen molar-refractivity contribution in [3.05, 3.63) is 65.2 Å². The maximum Gasteiger partial charge on any atom is 0.435 e. The molecule has 0 spiro atoms.